The minimum Gasteiger partial charge on any atom is -0.329 e. The molecule has 0 unspecified atom stereocenters. The molecule has 130 valence electrons. The number of aryl methyl sites for hydroxylation is 2. The molecule has 1 aliphatic rings. The second kappa shape index (κ2) is 5.65. The fourth-order valence-electron chi connectivity index (χ4n) is 3.42. The number of amides is 1. The van der Waals surface area contributed by atoms with Gasteiger partial charge in [0.15, 0.2) is 11.5 Å². The Morgan fingerprint density at radius 1 is 1.24 bits per heavy atom. The molecule has 8 nitrogen and oxygen atoms in total. The Balaban J connectivity index is 1.70. The third-order valence-electron chi connectivity index (χ3n) is 4.65. The van der Waals surface area contributed by atoms with E-state index in [0.717, 1.165) is 35.0 Å². The lowest BCUT2D eigenvalue weighted by Crippen LogP contribution is -2.39. The minimum atomic E-state index is -0.0136. The summed E-state index contributed by atoms with van der Waals surface area (Å²) in [5.74, 6) is 2.13. The number of carbonyl (C=O) groups excluding carboxylic acids is 1. The van der Waals surface area contributed by atoms with Gasteiger partial charge in [0.25, 0.3) is 5.91 Å². The van der Waals surface area contributed by atoms with Crippen molar-refractivity contribution in [2.75, 3.05) is 6.54 Å². The summed E-state index contributed by atoms with van der Waals surface area (Å²) in [6.07, 6.45) is 0. The van der Waals surface area contributed by atoms with E-state index in [1.54, 1.807) is 0 Å². The number of aromatic amines is 1. The van der Waals surface area contributed by atoms with Crippen molar-refractivity contribution in [3.8, 4) is 0 Å². The topological polar surface area (TPSA) is 92.6 Å². The number of nitrogens with one attached hydrogen (secondary N) is 1. The molecule has 0 radical (unpaired) electrons. The van der Waals surface area contributed by atoms with Crippen molar-refractivity contribution in [3.63, 3.8) is 0 Å². The first-order valence-corrected chi connectivity index (χ1v) is 8.49. The van der Waals surface area contributed by atoms with Crippen molar-refractivity contribution in [2.24, 2.45) is 0 Å². The number of H-pyrrole nitrogens is 1. The fourth-order valence-corrected chi connectivity index (χ4v) is 3.42. The second-order valence-corrected chi connectivity index (χ2v) is 6.87. The largest absolute Gasteiger partial charge is 0.329 e. The van der Waals surface area contributed by atoms with Crippen LogP contribution in [0.2, 0.25) is 0 Å². The molecule has 0 spiro atoms. The van der Waals surface area contributed by atoms with Crippen LogP contribution in [0.15, 0.2) is 6.07 Å². The molecule has 0 aromatic carbocycles. The Hall–Kier alpha value is -2.77. The maximum absolute atomic E-state index is 13.2. The summed E-state index contributed by atoms with van der Waals surface area (Å²) in [6, 6.07) is 1.84. The average Bonchev–Trinajstić information content (AvgIpc) is 3.16. The van der Waals surface area contributed by atoms with Gasteiger partial charge in [-0.3, -0.25) is 9.89 Å². The third kappa shape index (κ3) is 2.48. The molecule has 4 heterocycles. The second-order valence-electron chi connectivity index (χ2n) is 6.87. The summed E-state index contributed by atoms with van der Waals surface area (Å²) in [4.78, 5) is 19.4. The highest BCUT2D eigenvalue weighted by atomic mass is 16.2. The highest BCUT2D eigenvalue weighted by Crippen LogP contribution is 2.24. The Kier molecular flexibility index (Phi) is 3.55. The van der Waals surface area contributed by atoms with Gasteiger partial charge in [0.2, 0.25) is 0 Å². The molecule has 3 aromatic rings. The van der Waals surface area contributed by atoms with Crippen molar-refractivity contribution in [3.05, 3.63) is 34.7 Å². The summed E-state index contributed by atoms with van der Waals surface area (Å²) >= 11 is 0. The number of nitrogens with zero attached hydrogens (tertiary/aromatic N) is 6. The SMILES string of the molecule is Cc1cc(C(=O)N2CCn3c(nnc3C(C)C)C2)c2c(C)[nH]nc2n1. The quantitative estimate of drug-likeness (QED) is 0.770. The van der Waals surface area contributed by atoms with Crippen molar-refractivity contribution in [2.45, 2.75) is 46.7 Å². The molecular formula is C17H21N7O. The van der Waals surface area contributed by atoms with Crippen molar-refractivity contribution in [1.29, 1.82) is 0 Å². The van der Waals surface area contributed by atoms with Gasteiger partial charge in [-0.25, -0.2) is 4.98 Å². The summed E-state index contributed by atoms with van der Waals surface area (Å²) in [5.41, 5.74) is 2.87. The van der Waals surface area contributed by atoms with E-state index in [2.05, 4.69) is 43.8 Å². The van der Waals surface area contributed by atoms with Gasteiger partial charge in [0.05, 0.1) is 17.5 Å². The average molecular weight is 339 g/mol. The van der Waals surface area contributed by atoms with Crippen LogP contribution in [-0.4, -0.2) is 47.3 Å². The predicted octanol–water partition coefficient (Wildman–Crippen LogP) is 1.95. The minimum absolute atomic E-state index is 0.0136. The van der Waals surface area contributed by atoms with E-state index >= 15 is 0 Å². The van der Waals surface area contributed by atoms with Crippen LogP contribution < -0.4 is 0 Å². The fraction of sp³-hybridized carbons (Fsp3) is 0.471. The lowest BCUT2D eigenvalue weighted by Gasteiger charge is -2.28. The zero-order chi connectivity index (χ0) is 17.7. The van der Waals surface area contributed by atoms with Crippen molar-refractivity contribution >= 4 is 16.9 Å². The molecule has 8 heteroatoms. The van der Waals surface area contributed by atoms with E-state index in [9.17, 15) is 4.79 Å². The molecule has 0 bridgehead atoms. The van der Waals surface area contributed by atoms with Gasteiger partial charge in [-0.15, -0.1) is 10.2 Å². The van der Waals surface area contributed by atoms with Crippen LogP contribution in [-0.2, 0) is 13.1 Å². The first kappa shape index (κ1) is 15.7. The number of carbonyl (C=O) groups is 1. The number of aromatic nitrogens is 6. The predicted molar refractivity (Wildman–Crippen MR) is 92.2 cm³/mol. The van der Waals surface area contributed by atoms with Gasteiger partial charge >= 0.3 is 0 Å². The number of hydrogen-bond donors (Lipinski definition) is 1. The lowest BCUT2D eigenvalue weighted by atomic mass is 10.1. The number of rotatable bonds is 2. The lowest BCUT2D eigenvalue weighted by molar-refractivity contribution is 0.0708. The van der Waals surface area contributed by atoms with Gasteiger partial charge in [-0.2, -0.15) is 5.10 Å². The zero-order valence-electron chi connectivity index (χ0n) is 14.9. The Morgan fingerprint density at radius 2 is 2.04 bits per heavy atom. The summed E-state index contributed by atoms with van der Waals surface area (Å²) in [5, 5.41) is 16.5. The number of pyridine rings is 1. The molecule has 1 N–H and O–H groups in total. The normalized spacial score (nSPS) is 14.4. The van der Waals surface area contributed by atoms with Crippen LogP contribution in [0.5, 0.6) is 0 Å². The van der Waals surface area contributed by atoms with Crippen molar-refractivity contribution < 1.29 is 4.79 Å². The molecule has 0 atom stereocenters. The standard InChI is InChI=1S/C17H21N7O/c1-9(2)16-22-20-13-8-23(5-6-24(13)16)17(25)12-7-10(3)18-15-14(12)11(4)19-21-15/h7,9H,5-6,8H2,1-4H3,(H,18,19,21). The summed E-state index contributed by atoms with van der Waals surface area (Å²) in [7, 11) is 0. The molecule has 1 aliphatic heterocycles. The van der Waals surface area contributed by atoms with Gasteiger partial charge in [0, 0.05) is 30.4 Å². The Bertz CT molecular complexity index is 969. The van der Waals surface area contributed by atoms with E-state index in [1.807, 2.05) is 24.8 Å². The summed E-state index contributed by atoms with van der Waals surface area (Å²) in [6.45, 7) is 9.83. The van der Waals surface area contributed by atoms with Crippen LogP contribution >= 0.6 is 0 Å². The van der Waals surface area contributed by atoms with Gasteiger partial charge in [-0.1, -0.05) is 13.8 Å². The maximum atomic E-state index is 13.2. The molecular weight excluding hydrogens is 318 g/mol. The molecule has 25 heavy (non-hydrogen) atoms. The van der Waals surface area contributed by atoms with Crippen LogP contribution in [0, 0.1) is 13.8 Å². The first-order valence-electron chi connectivity index (χ1n) is 8.49. The number of hydrogen-bond acceptors (Lipinski definition) is 5. The molecule has 0 saturated carbocycles. The van der Waals surface area contributed by atoms with E-state index in [4.69, 9.17) is 0 Å². The highest BCUT2D eigenvalue weighted by molar-refractivity contribution is 6.06. The van der Waals surface area contributed by atoms with Crippen molar-refractivity contribution in [1.82, 2.24) is 34.8 Å². The zero-order valence-corrected chi connectivity index (χ0v) is 14.9. The molecule has 1 amide bonds. The molecule has 3 aromatic heterocycles. The Morgan fingerprint density at radius 3 is 2.80 bits per heavy atom. The first-order chi connectivity index (χ1) is 12.0. The van der Waals surface area contributed by atoms with Gasteiger partial charge in [-0.05, 0) is 19.9 Å². The van der Waals surface area contributed by atoms with E-state index < -0.39 is 0 Å². The number of fused-ring (bicyclic) bond motifs is 2. The summed E-state index contributed by atoms with van der Waals surface area (Å²) < 4.78 is 2.13. The Labute approximate surface area is 145 Å². The molecule has 0 saturated heterocycles. The van der Waals surface area contributed by atoms with Crippen LogP contribution in [0.25, 0.3) is 11.0 Å². The molecule has 0 aliphatic carbocycles. The smallest absolute Gasteiger partial charge is 0.255 e. The van der Waals surface area contributed by atoms with E-state index in [1.165, 1.54) is 0 Å². The van der Waals surface area contributed by atoms with E-state index in [0.29, 0.717) is 30.2 Å². The van der Waals surface area contributed by atoms with E-state index in [-0.39, 0.29) is 5.91 Å². The third-order valence-corrected chi connectivity index (χ3v) is 4.65. The van der Waals surface area contributed by atoms with Crippen LogP contribution in [0.1, 0.15) is 53.2 Å². The highest BCUT2D eigenvalue weighted by Gasteiger charge is 2.28. The molecule has 4 rings (SSSR count). The van der Waals surface area contributed by atoms with Crippen LogP contribution in [0.4, 0.5) is 0 Å². The molecule has 0 fully saturated rings. The monoisotopic (exact) mass is 339 g/mol. The van der Waals surface area contributed by atoms with Crippen LogP contribution in [0.3, 0.4) is 0 Å². The van der Waals surface area contributed by atoms with Gasteiger partial charge < -0.3 is 9.47 Å². The maximum Gasteiger partial charge on any atom is 0.255 e. The van der Waals surface area contributed by atoms with Gasteiger partial charge in [0.1, 0.15) is 5.82 Å².